The third kappa shape index (κ3) is 5.57. The van der Waals surface area contributed by atoms with Crippen LogP contribution in [0.3, 0.4) is 0 Å². The lowest BCUT2D eigenvalue weighted by atomic mass is 10.1. The van der Waals surface area contributed by atoms with Crippen LogP contribution in [0.2, 0.25) is 5.02 Å². The van der Waals surface area contributed by atoms with Crippen LogP contribution < -0.4 is 10.6 Å². The number of rotatable bonds is 7. The SMILES string of the molecule is COCCCC(NC(=O)Nc1cccc(Cl)c1F)C(=O)O. The molecule has 2 amide bonds. The van der Waals surface area contributed by atoms with E-state index in [4.69, 9.17) is 21.4 Å². The number of halogens is 2. The minimum atomic E-state index is -1.17. The van der Waals surface area contributed by atoms with Crippen LogP contribution in [-0.2, 0) is 9.53 Å². The zero-order valence-electron chi connectivity index (χ0n) is 11.4. The van der Waals surface area contributed by atoms with Crippen molar-refractivity contribution in [2.24, 2.45) is 0 Å². The molecule has 1 rings (SSSR count). The minimum Gasteiger partial charge on any atom is -0.480 e. The fourth-order valence-corrected chi connectivity index (χ4v) is 1.78. The molecule has 0 radical (unpaired) electrons. The Bertz CT molecular complexity index is 513. The zero-order valence-corrected chi connectivity index (χ0v) is 12.1. The number of hydrogen-bond acceptors (Lipinski definition) is 3. The molecule has 1 atom stereocenters. The van der Waals surface area contributed by atoms with E-state index in [1.165, 1.54) is 25.3 Å². The van der Waals surface area contributed by atoms with E-state index in [1.54, 1.807) is 0 Å². The van der Waals surface area contributed by atoms with Crippen molar-refractivity contribution < 1.29 is 23.8 Å². The number of nitrogens with one attached hydrogen (secondary N) is 2. The van der Waals surface area contributed by atoms with Gasteiger partial charge in [-0.05, 0) is 25.0 Å². The molecule has 116 valence electrons. The maximum absolute atomic E-state index is 13.6. The van der Waals surface area contributed by atoms with Crippen molar-refractivity contribution in [3.63, 3.8) is 0 Å². The van der Waals surface area contributed by atoms with Gasteiger partial charge in [0.05, 0.1) is 10.7 Å². The first kappa shape index (κ1) is 17.2. The molecule has 1 unspecified atom stereocenters. The van der Waals surface area contributed by atoms with E-state index >= 15 is 0 Å². The monoisotopic (exact) mass is 318 g/mol. The molecule has 0 fully saturated rings. The average molecular weight is 319 g/mol. The molecule has 0 saturated carbocycles. The summed E-state index contributed by atoms with van der Waals surface area (Å²) in [5.41, 5.74) is -0.124. The van der Waals surface area contributed by atoms with Crippen molar-refractivity contribution in [2.45, 2.75) is 18.9 Å². The maximum atomic E-state index is 13.6. The second-order valence-corrected chi connectivity index (χ2v) is 4.63. The summed E-state index contributed by atoms with van der Waals surface area (Å²) in [5, 5.41) is 13.3. The number of carbonyl (C=O) groups is 2. The van der Waals surface area contributed by atoms with Crippen molar-refractivity contribution in [3.8, 4) is 0 Å². The van der Waals surface area contributed by atoms with E-state index in [2.05, 4.69) is 10.6 Å². The molecule has 0 saturated heterocycles. The largest absolute Gasteiger partial charge is 0.480 e. The van der Waals surface area contributed by atoms with Gasteiger partial charge in [-0.1, -0.05) is 17.7 Å². The molecule has 21 heavy (non-hydrogen) atoms. The van der Waals surface area contributed by atoms with Gasteiger partial charge in [-0.15, -0.1) is 0 Å². The van der Waals surface area contributed by atoms with Crippen molar-refractivity contribution in [1.82, 2.24) is 5.32 Å². The fraction of sp³-hybridized carbons (Fsp3) is 0.385. The summed E-state index contributed by atoms with van der Waals surface area (Å²) in [4.78, 5) is 22.7. The molecule has 0 aliphatic heterocycles. The van der Waals surface area contributed by atoms with Gasteiger partial charge in [-0.25, -0.2) is 14.0 Å². The fourth-order valence-electron chi connectivity index (χ4n) is 1.61. The Morgan fingerprint density at radius 1 is 1.48 bits per heavy atom. The van der Waals surface area contributed by atoms with Crippen molar-refractivity contribution in [1.29, 1.82) is 0 Å². The minimum absolute atomic E-state index is 0.124. The molecule has 8 heteroatoms. The zero-order chi connectivity index (χ0) is 15.8. The van der Waals surface area contributed by atoms with Crippen LogP contribution in [0.1, 0.15) is 12.8 Å². The van der Waals surface area contributed by atoms with Gasteiger partial charge in [0.25, 0.3) is 0 Å². The van der Waals surface area contributed by atoms with Crippen LogP contribution in [0.25, 0.3) is 0 Å². The second-order valence-electron chi connectivity index (χ2n) is 4.23. The first-order valence-electron chi connectivity index (χ1n) is 6.19. The third-order valence-electron chi connectivity index (χ3n) is 2.64. The number of carbonyl (C=O) groups excluding carboxylic acids is 1. The molecule has 1 aromatic rings. The molecule has 0 spiro atoms. The topological polar surface area (TPSA) is 87.7 Å². The van der Waals surface area contributed by atoms with Crippen LogP contribution in [0.4, 0.5) is 14.9 Å². The van der Waals surface area contributed by atoms with Crippen LogP contribution in [0.15, 0.2) is 18.2 Å². The number of urea groups is 1. The van der Waals surface area contributed by atoms with Gasteiger partial charge in [0.15, 0.2) is 5.82 Å². The van der Waals surface area contributed by atoms with Gasteiger partial charge in [0, 0.05) is 13.7 Å². The number of methoxy groups -OCH3 is 1. The van der Waals surface area contributed by atoms with Gasteiger partial charge in [-0.2, -0.15) is 0 Å². The van der Waals surface area contributed by atoms with E-state index in [1.807, 2.05) is 0 Å². The van der Waals surface area contributed by atoms with E-state index < -0.39 is 23.9 Å². The smallest absolute Gasteiger partial charge is 0.326 e. The number of hydrogen-bond donors (Lipinski definition) is 3. The molecule has 3 N–H and O–H groups in total. The van der Waals surface area contributed by atoms with Crippen LogP contribution in [0.5, 0.6) is 0 Å². The van der Waals surface area contributed by atoms with Crippen LogP contribution in [-0.4, -0.2) is 36.9 Å². The number of aliphatic carboxylic acids is 1. The lowest BCUT2D eigenvalue weighted by Gasteiger charge is -2.15. The van der Waals surface area contributed by atoms with Crippen LogP contribution >= 0.6 is 11.6 Å². The van der Waals surface area contributed by atoms with Gasteiger partial charge >= 0.3 is 12.0 Å². The molecule has 0 heterocycles. The highest BCUT2D eigenvalue weighted by atomic mass is 35.5. The van der Waals surface area contributed by atoms with E-state index in [0.717, 1.165) is 0 Å². The Labute approximate surface area is 126 Å². The van der Waals surface area contributed by atoms with Gasteiger partial charge < -0.3 is 20.5 Å². The predicted octanol–water partition coefficient (Wildman–Crippen LogP) is 2.48. The number of benzene rings is 1. The van der Waals surface area contributed by atoms with Crippen molar-refractivity contribution >= 4 is 29.3 Å². The van der Waals surface area contributed by atoms with E-state index in [-0.39, 0.29) is 17.1 Å². The first-order valence-corrected chi connectivity index (χ1v) is 6.56. The van der Waals surface area contributed by atoms with Gasteiger partial charge in [0.1, 0.15) is 6.04 Å². The Morgan fingerprint density at radius 2 is 2.19 bits per heavy atom. The Balaban J connectivity index is 2.61. The maximum Gasteiger partial charge on any atom is 0.326 e. The van der Waals surface area contributed by atoms with Gasteiger partial charge in [0.2, 0.25) is 0 Å². The Morgan fingerprint density at radius 3 is 2.81 bits per heavy atom. The Kier molecular flexibility index (Phi) is 6.90. The number of carboxylic acids is 1. The summed E-state index contributed by atoms with van der Waals surface area (Å²) < 4.78 is 18.4. The second kappa shape index (κ2) is 8.43. The molecular weight excluding hydrogens is 303 g/mol. The average Bonchev–Trinajstić information content (AvgIpc) is 2.43. The summed E-state index contributed by atoms with van der Waals surface area (Å²) in [6, 6.07) is 2.23. The van der Waals surface area contributed by atoms with Crippen LogP contribution in [0, 0.1) is 5.82 Å². The summed E-state index contributed by atoms with van der Waals surface area (Å²) in [6.07, 6.45) is 0.674. The number of carboxylic acid groups (broad SMARTS) is 1. The van der Waals surface area contributed by atoms with Gasteiger partial charge in [-0.3, -0.25) is 0 Å². The first-order chi connectivity index (χ1) is 9.95. The highest BCUT2D eigenvalue weighted by molar-refractivity contribution is 6.31. The quantitative estimate of drug-likeness (QED) is 0.674. The molecular formula is C13H16ClFN2O4. The normalized spacial score (nSPS) is 11.8. The van der Waals surface area contributed by atoms with E-state index in [0.29, 0.717) is 13.0 Å². The highest BCUT2D eigenvalue weighted by Crippen LogP contribution is 2.21. The van der Waals surface area contributed by atoms with Crippen molar-refractivity contribution in [2.75, 3.05) is 19.0 Å². The van der Waals surface area contributed by atoms with Crippen molar-refractivity contribution in [3.05, 3.63) is 29.0 Å². The Hall–Kier alpha value is -1.86. The molecule has 0 aliphatic carbocycles. The number of ether oxygens (including phenoxy) is 1. The summed E-state index contributed by atoms with van der Waals surface area (Å²) in [6.45, 7) is 0.385. The molecule has 1 aromatic carbocycles. The molecule has 0 aliphatic rings. The van der Waals surface area contributed by atoms with E-state index in [9.17, 15) is 14.0 Å². The molecule has 0 aromatic heterocycles. The summed E-state index contributed by atoms with van der Waals surface area (Å²) in [5.74, 6) is -1.95. The lowest BCUT2D eigenvalue weighted by molar-refractivity contribution is -0.139. The highest BCUT2D eigenvalue weighted by Gasteiger charge is 2.20. The number of anilines is 1. The molecule has 0 bridgehead atoms. The predicted molar refractivity (Wildman–Crippen MR) is 76.1 cm³/mol. The number of amides is 2. The standard InChI is InChI=1S/C13H16ClFN2O4/c1-21-7-3-6-10(12(18)19)17-13(20)16-9-5-2-4-8(14)11(9)15/h2,4-5,10H,3,6-7H2,1H3,(H,18,19)(H2,16,17,20). The molecule has 6 nitrogen and oxygen atoms in total. The summed E-state index contributed by atoms with van der Waals surface area (Å²) >= 11 is 5.58. The third-order valence-corrected chi connectivity index (χ3v) is 2.94. The lowest BCUT2D eigenvalue weighted by Crippen LogP contribution is -2.43. The summed E-state index contributed by atoms with van der Waals surface area (Å²) in [7, 11) is 1.50.